The van der Waals surface area contributed by atoms with E-state index in [2.05, 4.69) is 39.2 Å². The lowest BCUT2D eigenvalue weighted by molar-refractivity contribution is 0.506. The average Bonchev–Trinajstić information content (AvgIpc) is 1.96. The Morgan fingerprint density at radius 1 is 0.536 bits per heavy atom. The first-order chi connectivity index (χ1) is 40.6. The summed E-state index contributed by atoms with van der Waals surface area (Å²) in [6, 6.07) is 28.3. The fourth-order valence-electron chi connectivity index (χ4n) is 11.8. The molecule has 4 N–H and O–H groups in total. The molecule has 3 aliphatic rings. The van der Waals surface area contributed by atoms with E-state index in [0.29, 0.717) is 65.3 Å². The number of benzene rings is 3. The number of fused-ring (bicyclic) bond motifs is 3. The third-order valence-corrected chi connectivity index (χ3v) is 16.3. The third-order valence-electron chi connectivity index (χ3n) is 16.1. The molecule has 9 heterocycles. The van der Waals surface area contributed by atoms with E-state index in [4.69, 9.17) is 47.8 Å². The van der Waals surface area contributed by atoms with Crippen LogP contribution in [0, 0.1) is 19.7 Å². The number of nitrogens with two attached hydrogens (primary N) is 2. The van der Waals surface area contributed by atoms with Gasteiger partial charge in [-0.25, -0.2) is 43.9 Å². The molecule has 6 aromatic heterocycles. The number of nitrogens with zero attached hydrogens (tertiary/aromatic N) is 16. The Morgan fingerprint density at radius 3 is 1.38 bits per heavy atom. The van der Waals surface area contributed by atoms with Gasteiger partial charge in [-0.1, -0.05) is 84.4 Å². The number of piperidine rings is 3. The van der Waals surface area contributed by atoms with Crippen molar-refractivity contribution >= 4 is 85.0 Å². The van der Waals surface area contributed by atoms with Crippen molar-refractivity contribution in [2.45, 2.75) is 76.7 Å². The van der Waals surface area contributed by atoms with Crippen molar-refractivity contribution < 1.29 is 0 Å². The van der Waals surface area contributed by atoms with Crippen molar-refractivity contribution in [3.05, 3.63) is 185 Å². The molecule has 2 atom stereocenters. The van der Waals surface area contributed by atoms with Crippen molar-refractivity contribution in [3.8, 4) is 0 Å². The van der Waals surface area contributed by atoms with E-state index in [1.54, 1.807) is 74.4 Å². The maximum absolute atomic E-state index is 13.2. The van der Waals surface area contributed by atoms with Gasteiger partial charge in [-0.05, 0) is 67.7 Å². The van der Waals surface area contributed by atoms with Gasteiger partial charge in [0, 0.05) is 125 Å². The minimum absolute atomic E-state index is 0.0856. The van der Waals surface area contributed by atoms with Gasteiger partial charge in [0.25, 0.3) is 0 Å². The number of hydrogen-bond acceptors (Lipinski definition) is 12. The van der Waals surface area contributed by atoms with Gasteiger partial charge in [-0.3, -0.25) is 27.4 Å². The van der Waals surface area contributed by atoms with Crippen LogP contribution in [0.15, 0.2) is 112 Å². The molecule has 3 fully saturated rings. The summed E-state index contributed by atoms with van der Waals surface area (Å²) in [7, 11) is 9.09. The smallest absolute Gasteiger partial charge is 0.330 e. The molecule has 432 valence electrons. The average molecular weight is 1150 g/mol. The van der Waals surface area contributed by atoms with Crippen molar-refractivity contribution in [1.82, 2.24) is 42.4 Å². The Morgan fingerprint density at radius 2 is 0.940 bits per heavy atom. The fourth-order valence-corrected chi connectivity index (χ4v) is 12.0. The van der Waals surface area contributed by atoms with E-state index in [9.17, 15) is 14.4 Å². The highest BCUT2D eigenvalue weighted by Crippen LogP contribution is 2.35. The van der Waals surface area contributed by atoms with Crippen LogP contribution in [0.5, 0.6) is 0 Å². The third kappa shape index (κ3) is 11.6. The predicted octanol–water partition coefficient (Wildman–Crippen LogP) is 8.57. The molecule has 0 radical (unpaired) electrons. The lowest BCUT2D eigenvalue weighted by Gasteiger charge is -2.33. The summed E-state index contributed by atoms with van der Waals surface area (Å²) in [5.41, 5.74) is 23.3. The zero-order chi connectivity index (χ0) is 59.3. The lowest BCUT2D eigenvalue weighted by atomic mass is 10.1. The summed E-state index contributed by atoms with van der Waals surface area (Å²) in [5.74, 6) is 0.797. The Balaban J connectivity index is 0.000000141. The second kappa shape index (κ2) is 25.1. The van der Waals surface area contributed by atoms with E-state index in [1.807, 2.05) is 85.7 Å². The molecule has 0 spiro atoms. The molecule has 12 rings (SSSR count). The molecule has 3 aromatic carbocycles. The number of pyridine rings is 3. The van der Waals surface area contributed by atoms with Crippen molar-refractivity contribution in [2.24, 2.45) is 32.6 Å². The Hall–Kier alpha value is -9.20. The number of rotatable bonds is 10. The van der Waals surface area contributed by atoms with Crippen LogP contribution in [0.4, 0.5) is 39.9 Å². The first-order valence-corrected chi connectivity index (χ1v) is 28.7. The van der Waals surface area contributed by atoms with Gasteiger partial charge < -0.3 is 31.1 Å². The van der Waals surface area contributed by atoms with Crippen LogP contribution in [-0.4, -0.2) is 108 Å². The minimum atomic E-state index is -0.188. The minimum Gasteiger partial charge on any atom is -0.370 e. The van der Waals surface area contributed by atoms with Crippen molar-refractivity contribution in [3.63, 3.8) is 0 Å². The number of aromatic nitrogens is 9. The topological polar surface area (TPSA) is 198 Å². The van der Waals surface area contributed by atoms with Gasteiger partial charge in [0.05, 0.1) is 36.8 Å². The van der Waals surface area contributed by atoms with Gasteiger partial charge >= 0.3 is 17.1 Å². The van der Waals surface area contributed by atoms with Crippen LogP contribution < -0.4 is 48.1 Å². The number of anilines is 4. The molecule has 0 amide bonds. The summed E-state index contributed by atoms with van der Waals surface area (Å²) in [6.45, 7) is 28.4. The lowest BCUT2D eigenvalue weighted by Crippen LogP contribution is -2.43. The molecular weight excluding hydrogens is 1080 g/mol. The molecule has 9 aromatic rings. The SMILES string of the molecule is [C-]#[N+]c1ccccc1Cn1c(=O)n(C)c2nc(Cl)cc(N3CCC[C@@H](N)C3)c21.[C-]#[N+]c1ccccc1Cn1c(=O)n(C)c2nc(N(C)C)cc(N3CCC[C@@H](N)C3)c21.[C-]#[N+]c1ccccc1Cn1c(=O)n(C)c2nccc(N3CCCCC3)c21. The van der Waals surface area contributed by atoms with E-state index in [-0.39, 0.29) is 29.2 Å². The standard InChI is InChI=1S/C22H27N7O.C20H21ClN6O.C20H21N5O/c1-24-17-10-6-5-8-15(17)13-29-20-18(28-11-7-9-16(23)14-28)12-19(26(2)3)25-21(20)27(4)22(29)30;1-23-15-8-4-3-6-13(15)11-27-18-16(26-9-5-7-14(22)12-26)10-17(21)24-19(18)25(2)20(27)28;1-21-16-9-5-4-8-15(16)14-25-18-17(24-12-6-3-7-13-24)10-11-22-19(18)23(2)20(25)26/h5-6,8,10,12,16H,7,9,11,13-14,23H2,2-4H3;3-4,6,8,10,14H,5,7,9,11-12,22H2,2H3;4-5,8-11H,3,6-7,12-14H2,2H3/t16-;14-;/m11./s1. The zero-order valence-corrected chi connectivity index (χ0v) is 48.9. The monoisotopic (exact) mass is 1150 g/mol. The van der Waals surface area contributed by atoms with Crippen LogP contribution in [0.1, 0.15) is 61.6 Å². The number of aryl methyl sites for hydroxylation is 3. The van der Waals surface area contributed by atoms with Crippen LogP contribution in [0.2, 0.25) is 5.15 Å². The summed E-state index contributed by atoms with van der Waals surface area (Å²) >= 11 is 6.29. The number of para-hydroxylation sites is 3. The van der Waals surface area contributed by atoms with Gasteiger partial charge in [0.2, 0.25) is 0 Å². The molecule has 0 bridgehead atoms. The van der Waals surface area contributed by atoms with Gasteiger partial charge in [-0.2, -0.15) is 0 Å². The van der Waals surface area contributed by atoms with Crippen LogP contribution in [0.25, 0.3) is 48.0 Å². The largest absolute Gasteiger partial charge is 0.370 e. The molecule has 0 unspecified atom stereocenters. The molecule has 22 heteroatoms. The summed E-state index contributed by atoms with van der Waals surface area (Å²) in [6.07, 6.45) is 9.36. The van der Waals surface area contributed by atoms with Crippen LogP contribution >= 0.6 is 11.6 Å². The second-order valence-electron chi connectivity index (χ2n) is 22.0. The molecule has 0 saturated carbocycles. The van der Waals surface area contributed by atoms with Crippen molar-refractivity contribution in [2.75, 3.05) is 73.0 Å². The fraction of sp³-hybridized carbons (Fsp3) is 0.371. The van der Waals surface area contributed by atoms with E-state index in [0.717, 1.165) is 115 Å². The van der Waals surface area contributed by atoms with Crippen LogP contribution in [0.3, 0.4) is 0 Å². The van der Waals surface area contributed by atoms with Crippen molar-refractivity contribution in [1.29, 1.82) is 0 Å². The highest BCUT2D eigenvalue weighted by molar-refractivity contribution is 6.30. The summed E-state index contributed by atoms with van der Waals surface area (Å²) in [5, 5.41) is 0.343. The molecule has 3 saturated heterocycles. The Labute approximate surface area is 492 Å². The van der Waals surface area contributed by atoms with Gasteiger partial charge in [0.15, 0.2) is 34.0 Å². The van der Waals surface area contributed by atoms with E-state index in [1.165, 1.54) is 23.8 Å². The zero-order valence-electron chi connectivity index (χ0n) is 48.1. The van der Waals surface area contributed by atoms with Crippen LogP contribution in [-0.2, 0) is 40.8 Å². The van der Waals surface area contributed by atoms with Gasteiger partial charge in [0.1, 0.15) is 27.5 Å². The normalized spacial score (nSPS) is 16.1. The number of imidazole rings is 3. The second-order valence-corrected chi connectivity index (χ2v) is 22.3. The number of halogens is 1. The Kier molecular flexibility index (Phi) is 17.3. The first kappa shape index (κ1) is 58.0. The highest BCUT2D eigenvalue weighted by atomic mass is 35.5. The van der Waals surface area contributed by atoms with Gasteiger partial charge in [-0.15, -0.1) is 0 Å². The maximum atomic E-state index is 13.2. The molecule has 3 aliphatic heterocycles. The maximum Gasteiger partial charge on any atom is 0.330 e. The van der Waals surface area contributed by atoms with E-state index >= 15 is 0 Å². The summed E-state index contributed by atoms with van der Waals surface area (Å²) < 4.78 is 9.88. The van der Waals surface area contributed by atoms with E-state index < -0.39 is 0 Å². The predicted molar refractivity (Wildman–Crippen MR) is 335 cm³/mol. The molecule has 21 nitrogen and oxygen atoms in total. The Bertz CT molecular complexity index is 4230. The molecule has 0 aliphatic carbocycles. The highest BCUT2D eigenvalue weighted by Gasteiger charge is 2.28. The molecule has 84 heavy (non-hydrogen) atoms. The summed E-state index contributed by atoms with van der Waals surface area (Å²) in [4.78, 5) is 72.3. The quantitative estimate of drug-likeness (QED) is 0.0979. The molecular formula is C62H69ClN18O3. The first-order valence-electron chi connectivity index (χ1n) is 28.3. The number of hydrogen-bond donors (Lipinski definition) is 2.